The Labute approximate surface area is 204 Å². The molecule has 6 heteroatoms. The highest BCUT2D eigenvalue weighted by Crippen LogP contribution is 2.28. The molecular formula is C28H39N5O. The molecular weight excluding hydrogens is 422 g/mol. The number of piperidine rings is 1. The first-order chi connectivity index (χ1) is 16.7. The van der Waals surface area contributed by atoms with E-state index in [2.05, 4.69) is 56.2 Å². The number of nitrogens with one attached hydrogen (secondary N) is 1. The Hall–Kier alpha value is -2.44. The van der Waals surface area contributed by atoms with Crippen molar-refractivity contribution in [3.05, 3.63) is 59.3 Å². The Balaban J connectivity index is 1.11. The number of aromatic nitrogens is 1. The lowest BCUT2D eigenvalue weighted by molar-refractivity contribution is 0.0951. The Morgan fingerprint density at radius 1 is 1.00 bits per heavy atom. The average Bonchev–Trinajstić information content (AvgIpc) is 3.72. The zero-order valence-electron chi connectivity index (χ0n) is 20.6. The lowest BCUT2D eigenvalue weighted by Crippen LogP contribution is -2.46. The second-order valence-corrected chi connectivity index (χ2v) is 10.4. The summed E-state index contributed by atoms with van der Waals surface area (Å²) in [4.78, 5) is 24.8. The van der Waals surface area contributed by atoms with E-state index in [1.54, 1.807) is 6.20 Å². The molecule has 1 saturated carbocycles. The number of aryl methyl sites for hydroxylation is 1. The van der Waals surface area contributed by atoms with Gasteiger partial charge in [0, 0.05) is 57.1 Å². The second-order valence-electron chi connectivity index (χ2n) is 10.4. The first kappa shape index (κ1) is 23.3. The molecule has 1 aliphatic carbocycles. The van der Waals surface area contributed by atoms with Gasteiger partial charge in [0.1, 0.15) is 5.82 Å². The smallest absolute Gasteiger partial charge is 0.251 e. The third kappa shape index (κ3) is 5.97. The van der Waals surface area contributed by atoms with Crippen molar-refractivity contribution in [3.8, 4) is 0 Å². The first-order valence-electron chi connectivity index (χ1n) is 13.2. The van der Waals surface area contributed by atoms with E-state index in [9.17, 15) is 4.79 Å². The van der Waals surface area contributed by atoms with E-state index in [0.717, 1.165) is 57.1 Å². The number of hydrogen-bond acceptors (Lipinski definition) is 5. The molecule has 0 radical (unpaired) electrons. The summed E-state index contributed by atoms with van der Waals surface area (Å²) in [5.41, 5.74) is 3.59. The van der Waals surface area contributed by atoms with Gasteiger partial charge in [0.25, 0.3) is 5.91 Å². The maximum atomic E-state index is 12.5. The topological polar surface area (TPSA) is 51.7 Å². The molecule has 6 nitrogen and oxygen atoms in total. The Bertz CT molecular complexity index is 967. The minimum atomic E-state index is 0.0319. The van der Waals surface area contributed by atoms with E-state index in [4.69, 9.17) is 0 Å². The average molecular weight is 462 g/mol. The zero-order valence-corrected chi connectivity index (χ0v) is 20.6. The van der Waals surface area contributed by atoms with Crippen molar-refractivity contribution in [2.45, 2.75) is 51.6 Å². The molecule has 2 saturated heterocycles. The van der Waals surface area contributed by atoms with Crippen LogP contribution in [0.3, 0.4) is 0 Å². The normalized spacial score (nSPS) is 20.8. The van der Waals surface area contributed by atoms with E-state index >= 15 is 0 Å². The van der Waals surface area contributed by atoms with Crippen molar-refractivity contribution in [2.24, 2.45) is 5.92 Å². The number of pyridine rings is 1. The highest BCUT2D eigenvalue weighted by molar-refractivity contribution is 5.94. The molecule has 1 aromatic carbocycles. The molecule has 2 aromatic rings. The predicted octanol–water partition coefficient (Wildman–Crippen LogP) is 3.71. The van der Waals surface area contributed by atoms with Gasteiger partial charge in [0.15, 0.2) is 0 Å². The van der Waals surface area contributed by atoms with Crippen molar-refractivity contribution < 1.29 is 4.79 Å². The van der Waals surface area contributed by atoms with Crippen LogP contribution in [0.1, 0.15) is 53.6 Å². The number of anilines is 1. The van der Waals surface area contributed by atoms with Crippen LogP contribution in [0.15, 0.2) is 42.6 Å². The van der Waals surface area contributed by atoms with Crippen molar-refractivity contribution >= 4 is 11.7 Å². The molecule has 0 atom stereocenters. The molecule has 34 heavy (non-hydrogen) atoms. The summed E-state index contributed by atoms with van der Waals surface area (Å²) in [5, 5.41) is 3.08. The maximum absolute atomic E-state index is 12.5. The SMILES string of the molecule is Cc1ccccc1CN1CCC(N2CCCN(c3cc(C(=O)NCC4CC4)ccn3)CC2)CC1. The minimum absolute atomic E-state index is 0.0319. The van der Waals surface area contributed by atoms with Gasteiger partial charge >= 0.3 is 0 Å². The van der Waals surface area contributed by atoms with E-state index in [-0.39, 0.29) is 5.91 Å². The lowest BCUT2D eigenvalue weighted by Gasteiger charge is -2.38. The summed E-state index contributed by atoms with van der Waals surface area (Å²) in [6.07, 6.45) is 7.93. The second kappa shape index (κ2) is 10.9. The quantitative estimate of drug-likeness (QED) is 0.681. The number of rotatable bonds is 7. The number of amides is 1. The van der Waals surface area contributed by atoms with Gasteiger partial charge in [-0.05, 0) is 81.3 Å². The lowest BCUT2D eigenvalue weighted by atomic mass is 10.0. The van der Waals surface area contributed by atoms with Crippen LogP contribution in [0.2, 0.25) is 0 Å². The van der Waals surface area contributed by atoms with Crippen molar-refractivity contribution in [1.82, 2.24) is 20.1 Å². The highest BCUT2D eigenvalue weighted by Gasteiger charge is 2.27. The fourth-order valence-corrected chi connectivity index (χ4v) is 5.40. The first-order valence-corrected chi connectivity index (χ1v) is 13.2. The van der Waals surface area contributed by atoms with E-state index in [0.29, 0.717) is 12.0 Å². The highest BCUT2D eigenvalue weighted by atomic mass is 16.1. The number of carbonyl (C=O) groups is 1. The van der Waals surface area contributed by atoms with Gasteiger partial charge in [-0.2, -0.15) is 0 Å². The standard InChI is InChI=1S/C28H39N5O/c1-22-5-2-3-6-25(22)21-31-15-10-26(11-16-31)32-13-4-14-33(18-17-32)27-19-24(9-12-29-27)28(34)30-20-23-7-8-23/h2-3,5-6,9,12,19,23,26H,4,7-8,10-11,13-18,20-21H2,1H3,(H,30,34). The fraction of sp³-hybridized carbons (Fsp3) is 0.571. The third-order valence-electron chi connectivity index (χ3n) is 7.84. The van der Waals surface area contributed by atoms with Gasteiger partial charge in [0.2, 0.25) is 0 Å². The summed E-state index contributed by atoms with van der Waals surface area (Å²) in [6, 6.07) is 13.3. The van der Waals surface area contributed by atoms with Crippen LogP contribution < -0.4 is 10.2 Å². The van der Waals surface area contributed by atoms with E-state index in [1.165, 1.54) is 49.9 Å². The van der Waals surface area contributed by atoms with Gasteiger partial charge < -0.3 is 10.2 Å². The largest absolute Gasteiger partial charge is 0.355 e. The third-order valence-corrected chi connectivity index (χ3v) is 7.84. The van der Waals surface area contributed by atoms with E-state index < -0.39 is 0 Å². The van der Waals surface area contributed by atoms with Crippen LogP contribution in [0.25, 0.3) is 0 Å². The van der Waals surface area contributed by atoms with Crippen molar-refractivity contribution in [1.29, 1.82) is 0 Å². The summed E-state index contributed by atoms with van der Waals surface area (Å²) in [7, 11) is 0. The van der Waals surface area contributed by atoms with Gasteiger partial charge in [-0.25, -0.2) is 4.98 Å². The summed E-state index contributed by atoms with van der Waals surface area (Å²) in [6.45, 7) is 10.7. The van der Waals surface area contributed by atoms with Gasteiger partial charge in [0.05, 0.1) is 0 Å². The number of likely N-dealkylation sites (tertiary alicyclic amines) is 1. The predicted molar refractivity (Wildman–Crippen MR) is 137 cm³/mol. The van der Waals surface area contributed by atoms with Crippen LogP contribution in [0.5, 0.6) is 0 Å². The van der Waals surface area contributed by atoms with Crippen LogP contribution in [-0.4, -0.2) is 72.5 Å². The summed E-state index contributed by atoms with van der Waals surface area (Å²) < 4.78 is 0. The fourth-order valence-electron chi connectivity index (χ4n) is 5.40. The summed E-state index contributed by atoms with van der Waals surface area (Å²) in [5.74, 6) is 1.66. The Morgan fingerprint density at radius 2 is 1.82 bits per heavy atom. The van der Waals surface area contributed by atoms with Gasteiger partial charge in [-0.3, -0.25) is 14.6 Å². The molecule has 0 bridgehead atoms. The molecule has 3 heterocycles. The van der Waals surface area contributed by atoms with Crippen LogP contribution in [0.4, 0.5) is 5.82 Å². The van der Waals surface area contributed by atoms with Crippen LogP contribution in [0, 0.1) is 12.8 Å². The maximum Gasteiger partial charge on any atom is 0.251 e. The molecule has 3 fully saturated rings. The number of carbonyl (C=O) groups excluding carboxylic acids is 1. The van der Waals surface area contributed by atoms with Crippen molar-refractivity contribution in [3.63, 3.8) is 0 Å². The molecule has 2 aliphatic heterocycles. The number of nitrogens with zero attached hydrogens (tertiary/aromatic N) is 4. The minimum Gasteiger partial charge on any atom is -0.355 e. The van der Waals surface area contributed by atoms with Crippen molar-refractivity contribution in [2.75, 3.05) is 50.7 Å². The molecule has 182 valence electrons. The van der Waals surface area contributed by atoms with Crippen LogP contribution >= 0.6 is 0 Å². The molecule has 5 rings (SSSR count). The molecule has 3 aliphatic rings. The zero-order chi connectivity index (χ0) is 23.3. The molecule has 1 aromatic heterocycles. The molecule has 0 spiro atoms. The summed E-state index contributed by atoms with van der Waals surface area (Å²) >= 11 is 0. The molecule has 1 amide bonds. The van der Waals surface area contributed by atoms with E-state index in [1.807, 2.05) is 12.1 Å². The molecule has 1 N–H and O–H groups in total. The Morgan fingerprint density at radius 3 is 2.62 bits per heavy atom. The van der Waals surface area contributed by atoms with Gasteiger partial charge in [-0.1, -0.05) is 24.3 Å². The Kier molecular flexibility index (Phi) is 7.45. The van der Waals surface area contributed by atoms with Gasteiger partial charge in [-0.15, -0.1) is 0 Å². The monoisotopic (exact) mass is 461 g/mol. The number of hydrogen-bond donors (Lipinski definition) is 1. The van der Waals surface area contributed by atoms with Crippen LogP contribution in [-0.2, 0) is 6.54 Å². The number of benzene rings is 1. The molecule has 0 unspecified atom stereocenters.